The van der Waals surface area contributed by atoms with Crippen LogP contribution in [0.25, 0.3) is 0 Å². The number of nitrogens with two attached hydrogens (primary N) is 1. The Morgan fingerprint density at radius 3 is 2.25 bits per heavy atom. The first-order chi connectivity index (χ1) is 9.30. The molecule has 2 amide bonds. The number of carbonyl (C=O) groups excluding carboxylic acids is 2. The summed E-state index contributed by atoms with van der Waals surface area (Å²) in [5, 5.41) is 0. The molecule has 1 aromatic rings. The summed E-state index contributed by atoms with van der Waals surface area (Å²) < 4.78 is 13.4. The molecule has 20 heavy (non-hydrogen) atoms. The van der Waals surface area contributed by atoms with Crippen molar-refractivity contribution in [1.29, 1.82) is 0 Å². The first kappa shape index (κ1) is 14.7. The standard InChI is InChI=1S/C15H19FN2O2/c1-15(2)6-13(19)18(14(20)7-15)9-11-3-10(8-17)4-12(16)5-11/h3-5H,6-9,17H2,1-2H3. The third kappa shape index (κ3) is 3.22. The minimum Gasteiger partial charge on any atom is -0.326 e. The number of nitrogens with zero attached hydrogens (tertiary/aromatic N) is 1. The summed E-state index contributed by atoms with van der Waals surface area (Å²) in [6, 6.07) is 4.41. The molecular weight excluding hydrogens is 259 g/mol. The second kappa shape index (κ2) is 5.32. The number of piperidine rings is 1. The number of hydrogen-bond donors (Lipinski definition) is 1. The lowest BCUT2D eigenvalue weighted by Crippen LogP contribution is -2.45. The van der Waals surface area contributed by atoms with Crippen LogP contribution in [0, 0.1) is 11.2 Å². The summed E-state index contributed by atoms with van der Waals surface area (Å²) in [6.45, 7) is 4.13. The van der Waals surface area contributed by atoms with E-state index in [1.807, 2.05) is 13.8 Å². The molecular formula is C15H19FN2O2. The van der Waals surface area contributed by atoms with E-state index in [1.165, 1.54) is 17.0 Å². The van der Waals surface area contributed by atoms with E-state index >= 15 is 0 Å². The predicted molar refractivity (Wildman–Crippen MR) is 72.9 cm³/mol. The lowest BCUT2D eigenvalue weighted by atomic mass is 9.81. The van der Waals surface area contributed by atoms with Crippen LogP contribution in [0.3, 0.4) is 0 Å². The molecule has 0 saturated carbocycles. The first-order valence-corrected chi connectivity index (χ1v) is 6.62. The highest BCUT2D eigenvalue weighted by Crippen LogP contribution is 2.32. The lowest BCUT2D eigenvalue weighted by molar-refractivity contribution is -0.153. The second-order valence-corrected chi connectivity index (χ2v) is 6.06. The molecule has 0 atom stereocenters. The van der Waals surface area contributed by atoms with Crippen molar-refractivity contribution in [2.24, 2.45) is 11.1 Å². The van der Waals surface area contributed by atoms with Gasteiger partial charge in [-0.25, -0.2) is 4.39 Å². The predicted octanol–water partition coefficient (Wildman–Crippen LogP) is 1.96. The van der Waals surface area contributed by atoms with Crippen LogP contribution < -0.4 is 5.73 Å². The number of rotatable bonds is 3. The van der Waals surface area contributed by atoms with Gasteiger partial charge in [-0.1, -0.05) is 19.9 Å². The Hall–Kier alpha value is -1.75. The largest absolute Gasteiger partial charge is 0.326 e. The molecule has 108 valence electrons. The van der Waals surface area contributed by atoms with Gasteiger partial charge in [0.15, 0.2) is 0 Å². The topological polar surface area (TPSA) is 63.4 Å². The Balaban J connectivity index is 2.19. The normalized spacial score (nSPS) is 18.5. The zero-order valence-corrected chi connectivity index (χ0v) is 11.8. The maximum atomic E-state index is 13.4. The quantitative estimate of drug-likeness (QED) is 0.860. The van der Waals surface area contributed by atoms with Crippen LogP contribution >= 0.6 is 0 Å². The van der Waals surface area contributed by atoms with Crippen molar-refractivity contribution in [3.05, 3.63) is 35.1 Å². The molecule has 0 unspecified atom stereocenters. The highest BCUT2D eigenvalue weighted by Gasteiger charge is 2.37. The number of imide groups is 1. The van der Waals surface area contributed by atoms with Gasteiger partial charge < -0.3 is 5.73 Å². The first-order valence-electron chi connectivity index (χ1n) is 6.62. The van der Waals surface area contributed by atoms with Crippen molar-refractivity contribution in [3.8, 4) is 0 Å². The molecule has 2 rings (SSSR count). The van der Waals surface area contributed by atoms with Gasteiger partial charge in [0.2, 0.25) is 11.8 Å². The molecule has 4 nitrogen and oxygen atoms in total. The van der Waals surface area contributed by atoms with Crippen molar-refractivity contribution >= 4 is 11.8 Å². The summed E-state index contributed by atoms with van der Waals surface area (Å²) in [6.07, 6.45) is 0.662. The Kier molecular flexibility index (Phi) is 3.90. The summed E-state index contributed by atoms with van der Waals surface area (Å²) in [5.41, 5.74) is 6.44. The second-order valence-electron chi connectivity index (χ2n) is 6.06. The monoisotopic (exact) mass is 278 g/mol. The minimum atomic E-state index is -0.403. The van der Waals surface area contributed by atoms with Crippen molar-refractivity contribution in [2.45, 2.75) is 39.8 Å². The summed E-state index contributed by atoms with van der Waals surface area (Å²) in [7, 11) is 0. The highest BCUT2D eigenvalue weighted by atomic mass is 19.1. The Morgan fingerprint density at radius 2 is 1.70 bits per heavy atom. The average Bonchev–Trinajstić information content (AvgIpc) is 2.32. The number of hydrogen-bond acceptors (Lipinski definition) is 3. The minimum absolute atomic E-state index is 0.110. The van der Waals surface area contributed by atoms with Crippen molar-refractivity contribution < 1.29 is 14.0 Å². The fourth-order valence-electron chi connectivity index (χ4n) is 2.50. The van der Waals surface area contributed by atoms with Crippen LogP contribution in [0.5, 0.6) is 0 Å². The van der Waals surface area contributed by atoms with Crippen molar-refractivity contribution in [1.82, 2.24) is 4.90 Å². The molecule has 0 radical (unpaired) electrons. The smallest absolute Gasteiger partial charge is 0.230 e. The number of halogens is 1. The van der Waals surface area contributed by atoms with E-state index in [4.69, 9.17) is 5.73 Å². The molecule has 5 heteroatoms. The van der Waals surface area contributed by atoms with Crippen LogP contribution in [0.15, 0.2) is 18.2 Å². The maximum absolute atomic E-state index is 13.4. The van der Waals surface area contributed by atoms with Gasteiger partial charge in [0.25, 0.3) is 0 Å². The fraction of sp³-hybridized carbons (Fsp3) is 0.467. The van der Waals surface area contributed by atoms with Gasteiger partial charge in [-0.3, -0.25) is 14.5 Å². The van der Waals surface area contributed by atoms with Crippen LogP contribution in [0.2, 0.25) is 0 Å². The van der Waals surface area contributed by atoms with Crippen LogP contribution in [0.4, 0.5) is 4.39 Å². The van der Waals surface area contributed by atoms with E-state index < -0.39 is 5.82 Å². The molecule has 1 aliphatic rings. The van der Waals surface area contributed by atoms with Gasteiger partial charge in [-0.15, -0.1) is 0 Å². The van der Waals surface area contributed by atoms with E-state index in [2.05, 4.69) is 0 Å². The number of likely N-dealkylation sites (tertiary alicyclic amines) is 1. The molecule has 0 aliphatic carbocycles. The van der Waals surface area contributed by atoms with Crippen molar-refractivity contribution in [3.63, 3.8) is 0 Å². The Bertz CT molecular complexity index is 535. The van der Waals surface area contributed by atoms with Gasteiger partial charge in [0.05, 0.1) is 6.54 Å². The molecule has 2 N–H and O–H groups in total. The van der Waals surface area contributed by atoms with E-state index in [0.717, 1.165) is 0 Å². The molecule has 0 bridgehead atoms. The summed E-state index contributed by atoms with van der Waals surface area (Å²) >= 11 is 0. The SMILES string of the molecule is CC1(C)CC(=O)N(Cc2cc(F)cc(CN)c2)C(=O)C1. The van der Waals surface area contributed by atoms with Gasteiger partial charge in [0.1, 0.15) is 5.82 Å². The Labute approximate surface area is 117 Å². The Morgan fingerprint density at radius 1 is 1.15 bits per heavy atom. The average molecular weight is 278 g/mol. The molecule has 1 saturated heterocycles. The lowest BCUT2D eigenvalue weighted by Gasteiger charge is -2.34. The van der Waals surface area contributed by atoms with Crippen LogP contribution in [-0.2, 0) is 22.7 Å². The van der Waals surface area contributed by atoms with E-state index in [9.17, 15) is 14.0 Å². The maximum Gasteiger partial charge on any atom is 0.230 e. The van der Waals surface area contributed by atoms with Crippen LogP contribution in [-0.4, -0.2) is 16.7 Å². The molecule has 1 aliphatic heterocycles. The van der Waals surface area contributed by atoms with Gasteiger partial charge >= 0.3 is 0 Å². The van der Waals surface area contributed by atoms with Gasteiger partial charge in [0, 0.05) is 19.4 Å². The zero-order valence-electron chi connectivity index (χ0n) is 11.8. The molecule has 0 aromatic heterocycles. The molecule has 1 heterocycles. The fourth-order valence-corrected chi connectivity index (χ4v) is 2.50. The number of amides is 2. The molecule has 0 spiro atoms. The third-order valence-electron chi connectivity index (χ3n) is 3.46. The van der Waals surface area contributed by atoms with Crippen molar-refractivity contribution in [2.75, 3.05) is 0 Å². The van der Waals surface area contributed by atoms with E-state index in [1.54, 1.807) is 6.07 Å². The number of carbonyl (C=O) groups is 2. The van der Waals surface area contributed by atoms with E-state index in [0.29, 0.717) is 24.0 Å². The van der Waals surface area contributed by atoms with Gasteiger partial charge in [-0.05, 0) is 28.7 Å². The summed E-state index contributed by atoms with van der Waals surface area (Å²) in [5.74, 6) is -0.810. The molecule has 1 fully saturated rings. The summed E-state index contributed by atoms with van der Waals surface area (Å²) in [4.78, 5) is 25.3. The van der Waals surface area contributed by atoms with Crippen LogP contribution in [0.1, 0.15) is 37.8 Å². The number of benzene rings is 1. The van der Waals surface area contributed by atoms with Gasteiger partial charge in [-0.2, -0.15) is 0 Å². The highest BCUT2D eigenvalue weighted by molar-refractivity contribution is 5.98. The zero-order chi connectivity index (χ0) is 14.9. The van der Waals surface area contributed by atoms with E-state index in [-0.39, 0.29) is 30.3 Å². The molecule has 1 aromatic carbocycles. The third-order valence-corrected chi connectivity index (χ3v) is 3.46.